The molecule has 1 unspecified atom stereocenters. The smallest absolute Gasteiger partial charge is 0.312 e. The van der Waals surface area contributed by atoms with Crippen LogP contribution in [0.3, 0.4) is 0 Å². The summed E-state index contributed by atoms with van der Waals surface area (Å²) >= 11 is 5.87. The van der Waals surface area contributed by atoms with Crippen LogP contribution in [0.15, 0.2) is 24.5 Å². The number of carboxylic acids is 1. The molecular formula is C11H9ClN2O2. The van der Waals surface area contributed by atoms with Crippen LogP contribution in [0.5, 0.6) is 0 Å². The van der Waals surface area contributed by atoms with Crippen LogP contribution in [-0.4, -0.2) is 21.0 Å². The summed E-state index contributed by atoms with van der Waals surface area (Å²) in [6, 6.07) is 5.15. The van der Waals surface area contributed by atoms with Gasteiger partial charge in [0, 0.05) is 10.4 Å². The standard InChI is InChI=1S/C11H9ClN2O2/c1-6(11(15)16)10-8-4-7(12)2-3-9(8)13-5-14-10/h2-6H,1H3,(H,15,16). The van der Waals surface area contributed by atoms with E-state index >= 15 is 0 Å². The molecule has 0 amide bonds. The maximum Gasteiger partial charge on any atom is 0.312 e. The minimum atomic E-state index is -0.917. The Kier molecular flexibility index (Phi) is 2.75. The highest BCUT2D eigenvalue weighted by Gasteiger charge is 2.18. The van der Waals surface area contributed by atoms with Crippen LogP contribution >= 0.6 is 11.6 Å². The molecule has 1 heterocycles. The quantitative estimate of drug-likeness (QED) is 0.870. The van der Waals surface area contributed by atoms with E-state index in [4.69, 9.17) is 16.7 Å². The number of hydrogen-bond donors (Lipinski definition) is 1. The normalized spacial score (nSPS) is 12.6. The van der Waals surface area contributed by atoms with Gasteiger partial charge in [-0.1, -0.05) is 11.6 Å². The Morgan fingerprint density at radius 1 is 1.44 bits per heavy atom. The first-order valence-corrected chi connectivity index (χ1v) is 5.10. The van der Waals surface area contributed by atoms with Crippen molar-refractivity contribution in [1.29, 1.82) is 0 Å². The first-order chi connectivity index (χ1) is 7.59. The second kappa shape index (κ2) is 4.06. The fraction of sp³-hybridized carbons (Fsp3) is 0.182. The van der Waals surface area contributed by atoms with E-state index in [1.807, 2.05) is 0 Å². The molecule has 5 heteroatoms. The molecular weight excluding hydrogens is 228 g/mol. The second-order valence-electron chi connectivity index (χ2n) is 3.48. The van der Waals surface area contributed by atoms with Gasteiger partial charge >= 0.3 is 5.97 Å². The molecule has 0 aliphatic heterocycles. The molecule has 0 saturated carbocycles. The summed E-state index contributed by atoms with van der Waals surface area (Å²) < 4.78 is 0. The van der Waals surface area contributed by atoms with Gasteiger partial charge in [0.15, 0.2) is 0 Å². The van der Waals surface area contributed by atoms with Crippen molar-refractivity contribution in [2.75, 3.05) is 0 Å². The predicted molar refractivity (Wildman–Crippen MR) is 60.6 cm³/mol. The van der Waals surface area contributed by atoms with Crippen molar-refractivity contribution >= 4 is 28.5 Å². The molecule has 0 aliphatic rings. The molecule has 4 nitrogen and oxygen atoms in total. The monoisotopic (exact) mass is 236 g/mol. The molecule has 16 heavy (non-hydrogen) atoms. The van der Waals surface area contributed by atoms with Crippen molar-refractivity contribution in [2.24, 2.45) is 0 Å². The molecule has 1 N–H and O–H groups in total. The Morgan fingerprint density at radius 3 is 2.88 bits per heavy atom. The number of aliphatic carboxylic acids is 1. The first kappa shape index (κ1) is 10.8. The summed E-state index contributed by atoms with van der Waals surface area (Å²) in [5, 5.41) is 10.2. The molecule has 0 spiro atoms. The first-order valence-electron chi connectivity index (χ1n) is 4.72. The van der Waals surface area contributed by atoms with Crippen molar-refractivity contribution in [1.82, 2.24) is 9.97 Å². The highest BCUT2D eigenvalue weighted by molar-refractivity contribution is 6.31. The van der Waals surface area contributed by atoms with Crippen LogP contribution < -0.4 is 0 Å². The van der Waals surface area contributed by atoms with Crippen molar-refractivity contribution < 1.29 is 9.90 Å². The number of fused-ring (bicyclic) bond motifs is 1. The summed E-state index contributed by atoms with van der Waals surface area (Å²) in [6.45, 7) is 1.59. The lowest BCUT2D eigenvalue weighted by Crippen LogP contribution is -2.10. The number of aromatic nitrogens is 2. The summed E-state index contributed by atoms with van der Waals surface area (Å²) in [6.07, 6.45) is 1.37. The summed E-state index contributed by atoms with van der Waals surface area (Å²) in [5.74, 6) is -1.59. The highest BCUT2D eigenvalue weighted by Crippen LogP contribution is 2.24. The van der Waals surface area contributed by atoms with Crippen LogP contribution in [0.25, 0.3) is 10.9 Å². The molecule has 1 aromatic heterocycles. The molecule has 0 fully saturated rings. The summed E-state index contributed by atoms with van der Waals surface area (Å²) in [5.41, 5.74) is 1.18. The summed E-state index contributed by atoms with van der Waals surface area (Å²) in [4.78, 5) is 19.0. The average Bonchev–Trinajstić information content (AvgIpc) is 2.27. The van der Waals surface area contributed by atoms with Gasteiger partial charge in [-0.2, -0.15) is 0 Å². The maximum absolute atomic E-state index is 10.9. The molecule has 0 radical (unpaired) electrons. The Morgan fingerprint density at radius 2 is 2.19 bits per heavy atom. The van der Waals surface area contributed by atoms with Gasteiger partial charge in [0.05, 0.1) is 17.1 Å². The number of carboxylic acid groups (broad SMARTS) is 1. The number of carbonyl (C=O) groups is 1. The van der Waals surface area contributed by atoms with Gasteiger partial charge in [0.25, 0.3) is 0 Å². The van der Waals surface area contributed by atoms with Crippen LogP contribution in [0.4, 0.5) is 0 Å². The van der Waals surface area contributed by atoms with Gasteiger partial charge in [-0.25, -0.2) is 9.97 Å². The van der Waals surface area contributed by atoms with Crippen LogP contribution in [0.2, 0.25) is 5.02 Å². The van der Waals surface area contributed by atoms with E-state index in [0.717, 1.165) is 0 Å². The lowest BCUT2D eigenvalue weighted by Gasteiger charge is -2.08. The lowest BCUT2D eigenvalue weighted by molar-refractivity contribution is -0.138. The number of benzene rings is 1. The van der Waals surface area contributed by atoms with Gasteiger partial charge in [-0.3, -0.25) is 4.79 Å². The minimum Gasteiger partial charge on any atom is -0.481 e. The Balaban J connectivity index is 2.69. The van der Waals surface area contributed by atoms with Crippen molar-refractivity contribution in [3.8, 4) is 0 Å². The number of nitrogens with zero attached hydrogens (tertiary/aromatic N) is 2. The minimum absolute atomic E-state index is 0.486. The predicted octanol–water partition coefficient (Wildman–Crippen LogP) is 2.47. The molecule has 82 valence electrons. The Bertz CT molecular complexity index is 557. The van der Waals surface area contributed by atoms with E-state index in [-0.39, 0.29) is 0 Å². The topological polar surface area (TPSA) is 63.1 Å². The second-order valence-corrected chi connectivity index (χ2v) is 3.92. The molecule has 2 aromatic rings. The van der Waals surface area contributed by atoms with Crippen molar-refractivity contribution in [3.63, 3.8) is 0 Å². The molecule has 1 aromatic carbocycles. The Hall–Kier alpha value is -1.68. The fourth-order valence-electron chi connectivity index (χ4n) is 1.51. The third-order valence-electron chi connectivity index (χ3n) is 2.41. The van der Waals surface area contributed by atoms with E-state index in [1.54, 1.807) is 25.1 Å². The third kappa shape index (κ3) is 1.84. The van der Waals surface area contributed by atoms with Gasteiger partial charge in [0.2, 0.25) is 0 Å². The van der Waals surface area contributed by atoms with Crippen molar-refractivity contribution in [2.45, 2.75) is 12.8 Å². The third-order valence-corrected chi connectivity index (χ3v) is 2.64. The highest BCUT2D eigenvalue weighted by atomic mass is 35.5. The zero-order valence-electron chi connectivity index (χ0n) is 8.51. The molecule has 0 bridgehead atoms. The van der Waals surface area contributed by atoms with Crippen molar-refractivity contribution in [3.05, 3.63) is 35.2 Å². The molecule has 1 atom stereocenters. The maximum atomic E-state index is 10.9. The molecule has 0 aliphatic carbocycles. The van der Waals surface area contributed by atoms with E-state index in [0.29, 0.717) is 21.6 Å². The largest absolute Gasteiger partial charge is 0.481 e. The van der Waals surface area contributed by atoms with Gasteiger partial charge in [-0.15, -0.1) is 0 Å². The average molecular weight is 237 g/mol. The van der Waals surface area contributed by atoms with Gasteiger partial charge in [-0.05, 0) is 25.1 Å². The fourth-order valence-corrected chi connectivity index (χ4v) is 1.68. The molecule has 2 rings (SSSR count). The lowest BCUT2D eigenvalue weighted by atomic mass is 10.0. The van der Waals surface area contributed by atoms with Crippen LogP contribution in [-0.2, 0) is 4.79 Å². The zero-order valence-corrected chi connectivity index (χ0v) is 9.27. The van der Waals surface area contributed by atoms with E-state index in [1.165, 1.54) is 6.33 Å². The Labute approximate surface area is 96.9 Å². The van der Waals surface area contributed by atoms with Gasteiger partial charge in [0.1, 0.15) is 6.33 Å². The number of rotatable bonds is 2. The van der Waals surface area contributed by atoms with E-state index < -0.39 is 11.9 Å². The van der Waals surface area contributed by atoms with E-state index in [9.17, 15) is 4.79 Å². The van der Waals surface area contributed by atoms with Crippen LogP contribution in [0.1, 0.15) is 18.5 Å². The zero-order chi connectivity index (χ0) is 11.7. The SMILES string of the molecule is CC(C(=O)O)c1ncnc2ccc(Cl)cc12. The van der Waals surface area contributed by atoms with E-state index in [2.05, 4.69) is 9.97 Å². The van der Waals surface area contributed by atoms with Crippen LogP contribution in [0, 0.1) is 0 Å². The van der Waals surface area contributed by atoms with Gasteiger partial charge < -0.3 is 5.11 Å². The number of halogens is 1. The molecule has 0 saturated heterocycles. The number of hydrogen-bond acceptors (Lipinski definition) is 3. The summed E-state index contributed by atoms with van der Waals surface area (Å²) in [7, 11) is 0.